The van der Waals surface area contributed by atoms with Crippen molar-refractivity contribution in [2.45, 2.75) is 73.8 Å². The summed E-state index contributed by atoms with van der Waals surface area (Å²) in [5, 5.41) is 0. The van der Waals surface area contributed by atoms with Gasteiger partial charge in [0.2, 0.25) is 0 Å². The fraction of sp³-hybridized carbons (Fsp3) is 0.826. The second-order valence-electron chi connectivity index (χ2n) is 9.54. The minimum Gasteiger partial charge on any atom is -0.461 e. The third-order valence-electron chi connectivity index (χ3n) is 5.67. The van der Waals surface area contributed by atoms with Gasteiger partial charge in [-0.1, -0.05) is 13.8 Å². The lowest BCUT2D eigenvalue weighted by molar-refractivity contribution is -0.175. The zero-order valence-electron chi connectivity index (χ0n) is 20.4. The average Bonchev–Trinajstić information content (AvgIpc) is 2.67. The molecule has 32 heavy (non-hydrogen) atoms. The third-order valence-corrected chi connectivity index (χ3v) is 5.67. The first-order valence-corrected chi connectivity index (χ1v) is 11.2. The van der Waals surface area contributed by atoms with Gasteiger partial charge in [-0.25, -0.2) is 9.59 Å². The van der Waals surface area contributed by atoms with Gasteiger partial charge >= 0.3 is 18.3 Å². The van der Waals surface area contributed by atoms with E-state index in [9.17, 15) is 19.2 Å². The highest BCUT2D eigenvalue weighted by molar-refractivity contribution is 5.83. The van der Waals surface area contributed by atoms with E-state index in [2.05, 4.69) is 0 Å². The lowest BCUT2D eigenvalue weighted by atomic mass is 9.64. The largest absolute Gasteiger partial charge is 0.508 e. The molecule has 0 aromatic rings. The van der Waals surface area contributed by atoms with Crippen LogP contribution in [0, 0.1) is 22.7 Å². The van der Waals surface area contributed by atoms with Crippen molar-refractivity contribution in [1.29, 1.82) is 0 Å². The molecule has 0 N–H and O–H groups in total. The molecule has 1 fully saturated rings. The Bertz CT molecular complexity index is 667. The van der Waals surface area contributed by atoms with Gasteiger partial charge in [-0.3, -0.25) is 9.59 Å². The number of hydrogen-bond donors (Lipinski definition) is 0. The van der Waals surface area contributed by atoms with E-state index in [0.29, 0.717) is 12.8 Å². The van der Waals surface area contributed by atoms with Crippen LogP contribution in [0.25, 0.3) is 0 Å². The zero-order valence-corrected chi connectivity index (χ0v) is 20.4. The molecule has 0 bridgehead atoms. The summed E-state index contributed by atoms with van der Waals surface area (Å²) in [7, 11) is 0. The van der Waals surface area contributed by atoms with E-state index in [0.717, 1.165) is 0 Å². The predicted octanol–water partition coefficient (Wildman–Crippen LogP) is 4.30. The molecule has 9 heteroatoms. The molecule has 1 saturated carbocycles. The summed E-state index contributed by atoms with van der Waals surface area (Å²) in [6.45, 7) is 12.8. The highest BCUT2D eigenvalue weighted by atomic mass is 16.7. The molecule has 0 aromatic carbocycles. The summed E-state index contributed by atoms with van der Waals surface area (Å²) >= 11 is 0. The normalized spacial score (nSPS) is 24.3. The smallest absolute Gasteiger partial charge is 0.461 e. The van der Waals surface area contributed by atoms with E-state index in [1.165, 1.54) is 0 Å². The number of Topliss-reactive ketones (excluding diaryl/α,β-unsaturated/α-hetero) is 1. The number of ether oxygens (including phenoxy) is 5. The number of carbonyl (C=O) groups excluding carboxylic acids is 4. The van der Waals surface area contributed by atoms with Crippen LogP contribution in [0.2, 0.25) is 0 Å². The van der Waals surface area contributed by atoms with E-state index < -0.39 is 35.2 Å². The van der Waals surface area contributed by atoms with Crippen molar-refractivity contribution in [1.82, 2.24) is 0 Å². The maximum atomic E-state index is 13.0. The molecule has 0 aliphatic heterocycles. The van der Waals surface area contributed by atoms with Crippen molar-refractivity contribution in [2.24, 2.45) is 22.7 Å². The van der Waals surface area contributed by atoms with Crippen LogP contribution >= 0.6 is 0 Å². The Morgan fingerprint density at radius 1 is 1.03 bits per heavy atom. The summed E-state index contributed by atoms with van der Waals surface area (Å²) in [4.78, 5) is 48.7. The van der Waals surface area contributed by atoms with E-state index in [4.69, 9.17) is 23.7 Å². The maximum Gasteiger partial charge on any atom is 0.508 e. The minimum atomic E-state index is -0.778. The van der Waals surface area contributed by atoms with Crippen LogP contribution in [-0.2, 0) is 33.3 Å². The van der Waals surface area contributed by atoms with Crippen molar-refractivity contribution in [3.63, 3.8) is 0 Å². The highest BCUT2D eigenvalue weighted by Crippen LogP contribution is 2.44. The molecule has 1 aliphatic carbocycles. The number of ketones is 1. The molecule has 1 unspecified atom stereocenters. The first-order chi connectivity index (χ1) is 14.8. The monoisotopic (exact) mass is 458 g/mol. The lowest BCUT2D eigenvalue weighted by Gasteiger charge is -2.44. The van der Waals surface area contributed by atoms with Crippen molar-refractivity contribution in [3.05, 3.63) is 0 Å². The van der Waals surface area contributed by atoms with Crippen molar-refractivity contribution in [2.75, 3.05) is 26.4 Å². The molecular formula is C23H38O9. The Hall–Kier alpha value is -2.32. The predicted molar refractivity (Wildman–Crippen MR) is 115 cm³/mol. The van der Waals surface area contributed by atoms with Crippen LogP contribution in [0.15, 0.2) is 0 Å². The summed E-state index contributed by atoms with van der Waals surface area (Å²) in [6.07, 6.45) is -1.34. The Balaban J connectivity index is 2.93. The summed E-state index contributed by atoms with van der Waals surface area (Å²) in [5.41, 5.74) is -1.42. The summed E-state index contributed by atoms with van der Waals surface area (Å²) in [6, 6.07) is 0. The molecule has 4 atom stereocenters. The molecule has 0 saturated heterocycles. The van der Waals surface area contributed by atoms with Crippen LogP contribution in [-0.4, -0.2) is 56.6 Å². The van der Waals surface area contributed by atoms with Gasteiger partial charge < -0.3 is 23.7 Å². The van der Waals surface area contributed by atoms with Crippen LogP contribution in [0.5, 0.6) is 0 Å². The molecule has 1 rings (SSSR count). The highest BCUT2D eigenvalue weighted by Gasteiger charge is 2.48. The van der Waals surface area contributed by atoms with Crippen LogP contribution in [0.4, 0.5) is 9.59 Å². The first-order valence-electron chi connectivity index (χ1n) is 11.2. The van der Waals surface area contributed by atoms with Crippen LogP contribution in [0.3, 0.4) is 0 Å². The van der Waals surface area contributed by atoms with Crippen LogP contribution < -0.4 is 0 Å². The van der Waals surface area contributed by atoms with Crippen molar-refractivity contribution in [3.8, 4) is 0 Å². The second-order valence-corrected chi connectivity index (χ2v) is 9.54. The van der Waals surface area contributed by atoms with E-state index in [1.54, 1.807) is 34.6 Å². The van der Waals surface area contributed by atoms with Gasteiger partial charge in [0.05, 0.1) is 31.8 Å². The van der Waals surface area contributed by atoms with Gasteiger partial charge in [0.15, 0.2) is 0 Å². The molecule has 0 spiro atoms. The average molecular weight is 459 g/mol. The molecule has 0 aromatic heterocycles. The Kier molecular flexibility index (Phi) is 10.4. The van der Waals surface area contributed by atoms with Crippen molar-refractivity contribution < 1.29 is 42.9 Å². The van der Waals surface area contributed by atoms with E-state index in [1.807, 2.05) is 13.8 Å². The van der Waals surface area contributed by atoms with E-state index in [-0.39, 0.29) is 50.5 Å². The van der Waals surface area contributed by atoms with Gasteiger partial charge in [-0.05, 0) is 47.5 Å². The second kappa shape index (κ2) is 12.1. The molecule has 0 radical (unpaired) electrons. The molecule has 1 aliphatic rings. The topological polar surface area (TPSA) is 114 Å². The number of hydrogen-bond acceptors (Lipinski definition) is 9. The minimum absolute atomic E-state index is 0.00773. The molecule has 0 heterocycles. The number of esters is 1. The quantitative estimate of drug-likeness (QED) is 0.368. The van der Waals surface area contributed by atoms with Gasteiger partial charge in [0.25, 0.3) is 0 Å². The molecular weight excluding hydrogens is 420 g/mol. The van der Waals surface area contributed by atoms with Crippen LogP contribution in [0.1, 0.15) is 67.7 Å². The molecule has 184 valence electrons. The first kappa shape index (κ1) is 27.7. The SMILES string of the molecule is CCOC(=O)OCC[C@@]1(C)CC(=O)[C@@H](C(C)COC(=O)OCC)C[C@@H]1OC(=O)C(C)(C)C. The zero-order chi connectivity index (χ0) is 24.5. The number of rotatable bonds is 9. The fourth-order valence-electron chi connectivity index (χ4n) is 3.59. The van der Waals surface area contributed by atoms with Gasteiger partial charge in [-0.2, -0.15) is 0 Å². The lowest BCUT2D eigenvalue weighted by Crippen LogP contribution is -2.49. The Labute approximate surface area is 190 Å². The Morgan fingerprint density at radius 2 is 1.59 bits per heavy atom. The van der Waals surface area contributed by atoms with Gasteiger partial charge in [-0.15, -0.1) is 0 Å². The molecule has 9 nitrogen and oxygen atoms in total. The van der Waals surface area contributed by atoms with Crippen molar-refractivity contribution >= 4 is 24.1 Å². The third kappa shape index (κ3) is 8.31. The summed E-state index contributed by atoms with van der Waals surface area (Å²) in [5.74, 6) is -1.10. The molecule has 0 amide bonds. The summed E-state index contributed by atoms with van der Waals surface area (Å²) < 4.78 is 25.6. The standard InChI is InChI=1S/C23H38O9/c1-8-28-20(26)30-11-10-23(7)13-17(24)16(15(3)14-31-21(27)29-9-2)12-18(23)32-19(25)22(4,5)6/h15-16,18H,8-14H2,1-7H3/t15?,16-,18+,23+/m1/s1. The van der Waals surface area contributed by atoms with Gasteiger partial charge in [0.1, 0.15) is 11.9 Å². The van der Waals surface area contributed by atoms with E-state index >= 15 is 0 Å². The fourth-order valence-corrected chi connectivity index (χ4v) is 3.59. The number of carbonyl (C=O) groups is 4. The van der Waals surface area contributed by atoms with Gasteiger partial charge in [0, 0.05) is 23.7 Å². The maximum absolute atomic E-state index is 13.0. The Morgan fingerprint density at radius 3 is 2.12 bits per heavy atom.